The van der Waals surface area contributed by atoms with Gasteiger partial charge in [0.15, 0.2) is 0 Å². The van der Waals surface area contributed by atoms with Gasteiger partial charge in [0.25, 0.3) is 0 Å². The van der Waals surface area contributed by atoms with Crippen molar-refractivity contribution in [2.75, 3.05) is 0 Å². The van der Waals surface area contributed by atoms with Crippen LogP contribution in [0.3, 0.4) is 0 Å². The van der Waals surface area contributed by atoms with Crippen molar-refractivity contribution in [1.82, 2.24) is 0 Å². The van der Waals surface area contributed by atoms with Crippen LogP contribution in [0.4, 0.5) is 0 Å². The van der Waals surface area contributed by atoms with Crippen LogP contribution in [0.2, 0.25) is 0 Å². The number of fused-ring (bicyclic) bond motifs is 1. The van der Waals surface area contributed by atoms with Gasteiger partial charge in [-0.25, -0.2) is 0 Å². The average Bonchev–Trinajstić information content (AvgIpc) is 2.18. The molecule has 1 nitrogen and oxygen atoms in total. The molecule has 1 aliphatic carbocycles. The Balaban J connectivity index is 2.28. The average molecular weight is 204 g/mol. The highest BCUT2D eigenvalue weighted by atomic mass is 16.3. The van der Waals surface area contributed by atoms with E-state index in [1.807, 2.05) is 12.1 Å². The van der Waals surface area contributed by atoms with Gasteiger partial charge >= 0.3 is 0 Å². The third-order valence-electron chi connectivity index (χ3n) is 3.32. The van der Waals surface area contributed by atoms with Crippen LogP contribution in [0.15, 0.2) is 18.2 Å². The van der Waals surface area contributed by atoms with E-state index in [1.54, 1.807) is 0 Å². The molecule has 0 aromatic heterocycles. The molecule has 0 radical (unpaired) electrons. The topological polar surface area (TPSA) is 20.2 Å². The van der Waals surface area contributed by atoms with Crippen LogP contribution in [0.25, 0.3) is 0 Å². The molecule has 0 saturated heterocycles. The molecule has 82 valence electrons. The fraction of sp³-hybridized carbons (Fsp3) is 0.571. The molecule has 1 aromatic rings. The van der Waals surface area contributed by atoms with Gasteiger partial charge in [-0.1, -0.05) is 19.9 Å². The van der Waals surface area contributed by atoms with E-state index in [4.69, 9.17) is 0 Å². The molecule has 2 rings (SSSR count). The third-order valence-corrected chi connectivity index (χ3v) is 3.32. The summed E-state index contributed by atoms with van der Waals surface area (Å²) < 4.78 is 0. The van der Waals surface area contributed by atoms with Gasteiger partial charge in [-0.15, -0.1) is 0 Å². The summed E-state index contributed by atoms with van der Waals surface area (Å²) in [6, 6.07) is 5.88. The van der Waals surface area contributed by atoms with E-state index >= 15 is 0 Å². The summed E-state index contributed by atoms with van der Waals surface area (Å²) in [5.74, 6) is 1.83. The van der Waals surface area contributed by atoms with Crippen LogP contribution >= 0.6 is 0 Å². The highest BCUT2D eigenvalue weighted by Gasteiger charge is 2.21. The summed E-state index contributed by atoms with van der Waals surface area (Å²) in [6.45, 7) is 4.55. The van der Waals surface area contributed by atoms with Crippen LogP contribution in [0.1, 0.15) is 50.2 Å². The molecule has 0 bridgehead atoms. The highest BCUT2D eigenvalue weighted by molar-refractivity contribution is 5.38. The second kappa shape index (κ2) is 4.26. The zero-order chi connectivity index (χ0) is 10.8. The molecule has 1 N–H and O–H groups in total. The second-order valence-electron chi connectivity index (χ2n) is 5.10. The first-order valence-corrected chi connectivity index (χ1v) is 5.98. The number of hydrogen-bond donors (Lipinski definition) is 1. The lowest BCUT2D eigenvalue weighted by Crippen LogP contribution is -2.11. The maximum absolute atomic E-state index is 9.54. The Bertz CT molecular complexity index is 341. The molecule has 15 heavy (non-hydrogen) atoms. The summed E-state index contributed by atoms with van der Waals surface area (Å²) in [5, 5.41) is 9.54. The first-order valence-electron chi connectivity index (χ1n) is 5.98. The van der Waals surface area contributed by atoms with Gasteiger partial charge in [0.1, 0.15) is 5.75 Å². The van der Waals surface area contributed by atoms with Gasteiger partial charge < -0.3 is 5.11 Å². The third kappa shape index (κ3) is 2.34. The minimum Gasteiger partial charge on any atom is -0.508 e. The lowest BCUT2D eigenvalue weighted by atomic mass is 9.79. The fourth-order valence-electron chi connectivity index (χ4n) is 2.70. The minimum atomic E-state index is 0.421. The zero-order valence-electron chi connectivity index (χ0n) is 9.66. The summed E-state index contributed by atoms with van der Waals surface area (Å²) >= 11 is 0. The van der Waals surface area contributed by atoms with Crippen molar-refractivity contribution >= 4 is 0 Å². The minimum absolute atomic E-state index is 0.421. The maximum Gasteiger partial charge on any atom is 0.115 e. The Morgan fingerprint density at radius 1 is 1.40 bits per heavy atom. The van der Waals surface area contributed by atoms with Crippen molar-refractivity contribution < 1.29 is 5.11 Å². The molecule has 0 fully saturated rings. The summed E-state index contributed by atoms with van der Waals surface area (Å²) in [5.41, 5.74) is 2.85. The van der Waals surface area contributed by atoms with Gasteiger partial charge in [-0.05, 0) is 60.8 Å². The quantitative estimate of drug-likeness (QED) is 0.775. The van der Waals surface area contributed by atoms with E-state index < -0.39 is 0 Å². The molecule has 1 atom stereocenters. The standard InChI is InChI=1S/C14H20O/c1-10(2)8-12-5-3-4-11-6-7-13(15)9-14(11)12/h6-7,9-10,12,15H,3-5,8H2,1-2H3. The van der Waals surface area contributed by atoms with Crippen molar-refractivity contribution in [1.29, 1.82) is 0 Å². The molecule has 1 aromatic carbocycles. The normalized spacial score (nSPS) is 20.3. The zero-order valence-corrected chi connectivity index (χ0v) is 9.66. The van der Waals surface area contributed by atoms with E-state index in [0.717, 1.165) is 5.92 Å². The van der Waals surface area contributed by atoms with Crippen molar-refractivity contribution in [3.8, 4) is 5.75 Å². The summed E-state index contributed by atoms with van der Waals surface area (Å²) in [7, 11) is 0. The first kappa shape index (κ1) is 10.5. The van der Waals surface area contributed by atoms with Crippen LogP contribution in [-0.4, -0.2) is 5.11 Å². The molecule has 1 heteroatoms. The van der Waals surface area contributed by atoms with Crippen LogP contribution < -0.4 is 0 Å². The number of aryl methyl sites for hydroxylation is 1. The molecular formula is C14H20O. The summed E-state index contributed by atoms with van der Waals surface area (Å²) in [4.78, 5) is 0. The van der Waals surface area contributed by atoms with Crippen molar-refractivity contribution in [3.05, 3.63) is 29.3 Å². The van der Waals surface area contributed by atoms with Crippen LogP contribution in [0.5, 0.6) is 5.75 Å². The maximum atomic E-state index is 9.54. The highest BCUT2D eigenvalue weighted by Crippen LogP contribution is 2.37. The Morgan fingerprint density at radius 2 is 2.20 bits per heavy atom. The van der Waals surface area contributed by atoms with E-state index in [-0.39, 0.29) is 0 Å². The Kier molecular flexibility index (Phi) is 2.99. The number of rotatable bonds is 2. The van der Waals surface area contributed by atoms with Gasteiger partial charge in [-0.2, -0.15) is 0 Å². The molecular weight excluding hydrogens is 184 g/mol. The van der Waals surface area contributed by atoms with Crippen LogP contribution in [0, 0.1) is 5.92 Å². The number of phenols is 1. The number of hydrogen-bond acceptors (Lipinski definition) is 1. The van der Waals surface area contributed by atoms with Crippen molar-refractivity contribution in [3.63, 3.8) is 0 Å². The molecule has 1 unspecified atom stereocenters. The Labute approximate surface area is 92.1 Å². The molecule has 0 saturated carbocycles. The van der Waals surface area contributed by atoms with Gasteiger partial charge in [0.2, 0.25) is 0 Å². The van der Waals surface area contributed by atoms with Gasteiger partial charge in [0, 0.05) is 0 Å². The van der Waals surface area contributed by atoms with E-state index in [9.17, 15) is 5.11 Å². The fourth-order valence-corrected chi connectivity index (χ4v) is 2.70. The predicted molar refractivity (Wildman–Crippen MR) is 63.2 cm³/mol. The second-order valence-corrected chi connectivity index (χ2v) is 5.10. The number of benzene rings is 1. The smallest absolute Gasteiger partial charge is 0.115 e. The molecule has 1 aliphatic rings. The lowest BCUT2D eigenvalue weighted by molar-refractivity contribution is 0.439. The van der Waals surface area contributed by atoms with E-state index in [2.05, 4.69) is 19.9 Å². The van der Waals surface area contributed by atoms with Crippen LogP contribution in [-0.2, 0) is 6.42 Å². The Morgan fingerprint density at radius 3 is 2.93 bits per heavy atom. The largest absolute Gasteiger partial charge is 0.508 e. The number of aromatic hydroxyl groups is 1. The lowest BCUT2D eigenvalue weighted by Gasteiger charge is -2.27. The van der Waals surface area contributed by atoms with Crippen molar-refractivity contribution in [2.24, 2.45) is 5.92 Å². The molecule has 0 aliphatic heterocycles. The van der Waals surface area contributed by atoms with E-state index in [0.29, 0.717) is 11.7 Å². The van der Waals surface area contributed by atoms with Crippen molar-refractivity contribution in [2.45, 2.75) is 45.4 Å². The SMILES string of the molecule is CC(C)CC1CCCc2ccc(O)cc21. The van der Waals surface area contributed by atoms with Gasteiger partial charge in [-0.3, -0.25) is 0 Å². The van der Waals surface area contributed by atoms with E-state index in [1.165, 1.54) is 36.8 Å². The monoisotopic (exact) mass is 204 g/mol. The Hall–Kier alpha value is -0.980. The molecule has 0 heterocycles. The summed E-state index contributed by atoms with van der Waals surface area (Å²) in [6.07, 6.45) is 5.02. The molecule has 0 amide bonds. The van der Waals surface area contributed by atoms with Gasteiger partial charge in [0.05, 0.1) is 0 Å². The molecule has 0 spiro atoms. The number of phenolic OH excluding ortho intramolecular Hbond substituents is 1. The first-order chi connectivity index (χ1) is 7.16. The predicted octanol–water partition coefficient (Wildman–Crippen LogP) is 3.86.